The highest BCUT2D eigenvalue weighted by molar-refractivity contribution is 7.92. The first-order chi connectivity index (χ1) is 20.1. The summed E-state index contributed by atoms with van der Waals surface area (Å²) in [5.41, 5.74) is 2.93. The zero-order valence-electron chi connectivity index (χ0n) is 24.9. The number of sulfonamides is 1. The molecule has 2 amide bonds. The molecule has 3 aromatic carbocycles. The van der Waals surface area contributed by atoms with Gasteiger partial charge in [-0.25, -0.2) is 8.42 Å². The number of hydrogen-bond acceptors (Lipinski definition) is 5. The predicted molar refractivity (Wildman–Crippen MR) is 165 cm³/mol. The largest absolute Gasteiger partial charge is 0.497 e. The normalized spacial score (nSPS) is 14.6. The quantitative estimate of drug-likeness (QED) is 0.323. The molecule has 0 aromatic heterocycles. The average molecular weight is 592 g/mol. The number of aryl methyl sites for hydroxylation is 2. The summed E-state index contributed by atoms with van der Waals surface area (Å²) in [6, 6.07) is 20.2. The number of rotatable bonds is 11. The maximum absolute atomic E-state index is 14.1. The zero-order valence-corrected chi connectivity index (χ0v) is 25.7. The Morgan fingerprint density at radius 1 is 0.929 bits per heavy atom. The van der Waals surface area contributed by atoms with Crippen LogP contribution >= 0.6 is 0 Å². The van der Waals surface area contributed by atoms with E-state index in [9.17, 15) is 18.0 Å². The number of carbonyl (C=O) groups is 2. The van der Waals surface area contributed by atoms with Crippen molar-refractivity contribution >= 4 is 27.5 Å². The lowest BCUT2D eigenvalue weighted by Gasteiger charge is -2.33. The van der Waals surface area contributed by atoms with Gasteiger partial charge in [-0.05, 0) is 81.1 Å². The van der Waals surface area contributed by atoms with E-state index in [4.69, 9.17) is 4.74 Å². The number of carbonyl (C=O) groups excluding carboxylic acids is 2. The monoisotopic (exact) mass is 591 g/mol. The second-order valence-electron chi connectivity index (χ2n) is 11.1. The molecule has 1 fully saturated rings. The fourth-order valence-electron chi connectivity index (χ4n) is 5.27. The summed E-state index contributed by atoms with van der Waals surface area (Å²) >= 11 is 0. The second kappa shape index (κ2) is 13.9. The summed E-state index contributed by atoms with van der Waals surface area (Å²) < 4.78 is 34.5. The van der Waals surface area contributed by atoms with Crippen molar-refractivity contribution in [3.63, 3.8) is 0 Å². The van der Waals surface area contributed by atoms with Gasteiger partial charge in [0.25, 0.3) is 10.0 Å². The van der Waals surface area contributed by atoms with Gasteiger partial charge in [0.15, 0.2) is 0 Å². The third-order valence-corrected chi connectivity index (χ3v) is 9.57. The van der Waals surface area contributed by atoms with Gasteiger partial charge in [-0.1, -0.05) is 61.2 Å². The van der Waals surface area contributed by atoms with Crippen LogP contribution in [0.5, 0.6) is 5.75 Å². The topological polar surface area (TPSA) is 96.0 Å². The van der Waals surface area contributed by atoms with Gasteiger partial charge >= 0.3 is 0 Å². The summed E-state index contributed by atoms with van der Waals surface area (Å²) in [6.07, 6.45) is 5.12. The lowest BCUT2D eigenvalue weighted by molar-refractivity contribution is -0.139. The van der Waals surface area contributed by atoms with Crippen LogP contribution in [0, 0.1) is 13.8 Å². The molecule has 1 atom stereocenters. The molecule has 1 aliphatic rings. The summed E-state index contributed by atoms with van der Waals surface area (Å²) in [5, 5.41) is 3.13. The molecule has 8 nitrogen and oxygen atoms in total. The van der Waals surface area contributed by atoms with Gasteiger partial charge in [-0.3, -0.25) is 13.9 Å². The van der Waals surface area contributed by atoms with Crippen molar-refractivity contribution in [3.05, 3.63) is 89.5 Å². The predicted octanol–water partition coefficient (Wildman–Crippen LogP) is 5.37. The molecule has 1 unspecified atom stereocenters. The van der Waals surface area contributed by atoms with E-state index in [1.807, 2.05) is 44.2 Å². The smallest absolute Gasteiger partial charge is 0.264 e. The first kappa shape index (κ1) is 31.1. The first-order valence-corrected chi connectivity index (χ1v) is 15.9. The van der Waals surface area contributed by atoms with Crippen LogP contribution in [0.1, 0.15) is 55.7 Å². The number of hydrogen-bond donors (Lipinski definition) is 1. The summed E-state index contributed by atoms with van der Waals surface area (Å²) in [7, 11) is -2.54. The lowest BCUT2D eigenvalue weighted by atomic mass is 9.95. The highest BCUT2D eigenvalue weighted by Gasteiger charge is 2.33. The zero-order chi connectivity index (χ0) is 30.3. The van der Waals surface area contributed by atoms with Gasteiger partial charge in [0.05, 0.1) is 17.7 Å². The number of methoxy groups -OCH3 is 1. The van der Waals surface area contributed by atoms with Crippen molar-refractivity contribution < 1.29 is 22.7 Å². The van der Waals surface area contributed by atoms with E-state index >= 15 is 0 Å². The van der Waals surface area contributed by atoms with Crippen molar-refractivity contribution in [3.8, 4) is 5.75 Å². The van der Waals surface area contributed by atoms with E-state index in [0.29, 0.717) is 11.4 Å². The number of benzene rings is 3. The molecule has 42 heavy (non-hydrogen) atoms. The van der Waals surface area contributed by atoms with Gasteiger partial charge in [0, 0.05) is 12.6 Å². The SMILES string of the molecule is COc1cccc(CN(C(=O)CN(c2cccc(C)c2)S(=O)(=O)c2ccc(C)cc2)C(C)C(=O)NC2CCCCC2)c1. The van der Waals surface area contributed by atoms with E-state index in [2.05, 4.69) is 5.32 Å². The number of nitrogens with one attached hydrogen (secondary N) is 1. The molecule has 0 bridgehead atoms. The molecule has 9 heteroatoms. The minimum absolute atomic E-state index is 0.0770. The number of nitrogens with zero attached hydrogens (tertiary/aromatic N) is 2. The van der Waals surface area contributed by atoms with Gasteiger partial charge in [-0.2, -0.15) is 0 Å². The highest BCUT2D eigenvalue weighted by Crippen LogP contribution is 2.26. The molecule has 3 aromatic rings. The molecule has 0 spiro atoms. The minimum Gasteiger partial charge on any atom is -0.497 e. The Bertz CT molecular complexity index is 1480. The van der Waals surface area contributed by atoms with E-state index in [-0.39, 0.29) is 23.4 Å². The molecule has 0 aliphatic heterocycles. The Hall–Kier alpha value is -3.85. The fourth-order valence-corrected chi connectivity index (χ4v) is 6.67. The van der Waals surface area contributed by atoms with Gasteiger partial charge < -0.3 is 15.0 Å². The van der Waals surface area contributed by atoms with E-state index in [1.165, 1.54) is 4.90 Å². The van der Waals surface area contributed by atoms with Crippen LogP contribution in [0.3, 0.4) is 0 Å². The van der Waals surface area contributed by atoms with Crippen LogP contribution in [0.2, 0.25) is 0 Å². The van der Waals surface area contributed by atoms with Crippen LogP contribution in [-0.2, 0) is 26.2 Å². The molecule has 224 valence electrons. The Labute approximate surface area is 249 Å². The Kier molecular flexibility index (Phi) is 10.3. The Balaban J connectivity index is 1.68. The fraction of sp³-hybridized carbons (Fsp3) is 0.394. The van der Waals surface area contributed by atoms with Crippen LogP contribution in [0.4, 0.5) is 5.69 Å². The summed E-state index contributed by atoms with van der Waals surface area (Å²) in [5.74, 6) is -0.106. The average Bonchev–Trinajstić information content (AvgIpc) is 2.99. The van der Waals surface area contributed by atoms with Crippen LogP contribution in [0.25, 0.3) is 0 Å². The third kappa shape index (κ3) is 7.70. The van der Waals surface area contributed by atoms with Crippen LogP contribution in [0.15, 0.2) is 77.7 Å². The van der Waals surface area contributed by atoms with Crippen LogP contribution < -0.4 is 14.4 Å². The van der Waals surface area contributed by atoms with E-state index in [0.717, 1.165) is 53.1 Å². The molecule has 0 radical (unpaired) electrons. The molecular weight excluding hydrogens is 550 g/mol. The molecular formula is C33H41N3O5S. The number of anilines is 1. The molecule has 4 rings (SSSR count). The Morgan fingerprint density at radius 3 is 2.29 bits per heavy atom. The van der Waals surface area contributed by atoms with Crippen molar-refractivity contribution in [1.29, 1.82) is 0 Å². The highest BCUT2D eigenvalue weighted by atomic mass is 32.2. The van der Waals surface area contributed by atoms with Crippen molar-refractivity contribution in [2.24, 2.45) is 0 Å². The third-order valence-electron chi connectivity index (χ3n) is 7.78. The Morgan fingerprint density at radius 2 is 1.62 bits per heavy atom. The molecule has 1 aliphatic carbocycles. The molecule has 0 heterocycles. The standard InChI is InChI=1S/C33H41N3O5S/c1-24-16-18-31(19-17-24)42(39,40)36(29-14-8-10-25(2)20-29)23-32(37)35(22-27-11-9-15-30(21-27)41-4)26(3)33(38)34-28-12-6-5-7-13-28/h8-11,14-21,26,28H,5-7,12-13,22-23H2,1-4H3,(H,34,38). The van der Waals surface area contributed by atoms with Gasteiger partial charge in [0.2, 0.25) is 11.8 Å². The summed E-state index contributed by atoms with van der Waals surface area (Å²) in [6.45, 7) is 5.09. The maximum Gasteiger partial charge on any atom is 0.264 e. The van der Waals surface area contributed by atoms with Crippen molar-refractivity contribution in [2.45, 2.75) is 76.4 Å². The summed E-state index contributed by atoms with van der Waals surface area (Å²) in [4.78, 5) is 29.2. The maximum atomic E-state index is 14.1. The van der Waals surface area contributed by atoms with Gasteiger partial charge in [-0.15, -0.1) is 0 Å². The minimum atomic E-state index is -4.10. The first-order valence-electron chi connectivity index (χ1n) is 14.5. The van der Waals surface area contributed by atoms with Crippen LogP contribution in [-0.4, -0.2) is 50.9 Å². The molecule has 1 N–H and O–H groups in total. The van der Waals surface area contributed by atoms with Crippen molar-refractivity contribution in [1.82, 2.24) is 10.2 Å². The van der Waals surface area contributed by atoms with E-state index < -0.39 is 28.5 Å². The second-order valence-corrected chi connectivity index (χ2v) is 12.9. The lowest BCUT2D eigenvalue weighted by Crippen LogP contribution is -2.53. The number of ether oxygens (including phenoxy) is 1. The molecule has 0 saturated heterocycles. The van der Waals surface area contributed by atoms with Gasteiger partial charge in [0.1, 0.15) is 18.3 Å². The number of amides is 2. The molecule has 1 saturated carbocycles. The van der Waals surface area contributed by atoms with Crippen molar-refractivity contribution in [2.75, 3.05) is 18.0 Å². The van der Waals surface area contributed by atoms with E-state index in [1.54, 1.807) is 56.5 Å².